The molecule has 3 aromatic rings. The quantitative estimate of drug-likeness (QED) is 0.552. The summed E-state index contributed by atoms with van der Waals surface area (Å²) >= 11 is 0. The number of pyridine rings is 1. The lowest BCUT2D eigenvalue weighted by molar-refractivity contribution is 0.101. The Morgan fingerprint density at radius 1 is 0.931 bits per heavy atom. The first-order chi connectivity index (χ1) is 13.9. The minimum absolute atomic E-state index is 0.00624. The number of ketones is 1. The molecule has 0 fully saturated rings. The fourth-order valence-corrected chi connectivity index (χ4v) is 2.70. The number of carbonyl (C=O) groups is 2. The number of ether oxygens (including phenoxy) is 1. The van der Waals surface area contributed by atoms with Gasteiger partial charge in [-0.2, -0.15) is 0 Å². The molecule has 29 heavy (non-hydrogen) atoms. The van der Waals surface area contributed by atoms with E-state index in [-0.39, 0.29) is 23.5 Å². The van der Waals surface area contributed by atoms with Crippen molar-refractivity contribution in [2.45, 2.75) is 26.9 Å². The molecule has 0 aliphatic heterocycles. The van der Waals surface area contributed by atoms with Crippen LogP contribution in [0, 0.1) is 0 Å². The molecular formula is C23H23N3O3. The number of nitrogens with one attached hydrogen (secondary N) is 2. The zero-order chi connectivity index (χ0) is 20.8. The van der Waals surface area contributed by atoms with Gasteiger partial charge >= 0.3 is 0 Å². The molecule has 1 amide bonds. The molecule has 0 saturated carbocycles. The molecule has 6 nitrogen and oxygen atoms in total. The molecule has 1 heterocycles. The van der Waals surface area contributed by atoms with Crippen LogP contribution in [0.3, 0.4) is 0 Å². The van der Waals surface area contributed by atoms with Gasteiger partial charge < -0.3 is 15.4 Å². The Morgan fingerprint density at radius 3 is 2.34 bits per heavy atom. The molecule has 6 heteroatoms. The average molecular weight is 389 g/mol. The molecule has 0 unspecified atom stereocenters. The van der Waals surface area contributed by atoms with Gasteiger partial charge in [0, 0.05) is 28.8 Å². The molecule has 2 aromatic carbocycles. The Bertz CT molecular complexity index is 1010. The highest BCUT2D eigenvalue weighted by atomic mass is 16.5. The van der Waals surface area contributed by atoms with Crippen molar-refractivity contribution >= 4 is 28.8 Å². The van der Waals surface area contributed by atoms with E-state index in [2.05, 4.69) is 15.6 Å². The zero-order valence-electron chi connectivity index (χ0n) is 16.6. The van der Waals surface area contributed by atoms with Crippen molar-refractivity contribution in [3.05, 3.63) is 78.1 Å². The van der Waals surface area contributed by atoms with Crippen LogP contribution in [0.5, 0.6) is 5.75 Å². The summed E-state index contributed by atoms with van der Waals surface area (Å²) in [7, 11) is 0. The van der Waals surface area contributed by atoms with Gasteiger partial charge in [-0.3, -0.25) is 14.6 Å². The summed E-state index contributed by atoms with van der Waals surface area (Å²) in [6.07, 6.45) is 1.65. The van der Waals surface area contributed by atoms with Crippen molar-refractivity contribution in [3.63, 3.8) is 0 Å². The van der Waals surface area contributed by atoms with Crippen LogP contribution in [-0.4, -0.2) is 22.8 Å². The van der Waals surface area contributed by atoms with Gasteiger partial charge in [-0.25, -0.2) is 0 Å². The predicted molar refractivity (Wildman–Crippen MR) is 114 cm³/mol. The van der Waals surface area contributed by atoms with E-state index in [1.54, 1.807) is 48.7 Å². The van der Waals surface area contributed by atoms with Gasteiger partial charge in [0.05, 0.1) is 6.10 Å². The number of Topliss-reactive ketones (excluding diaryl/α,β-unsaturated/α-hetero) is 1. The Kier molecular flexibility index (Phi) is 6.24. The van der Waals surface area contributed by atoms with Gasteiger partial charge in [-0.15, -0.1) is 0 Å². The van der Waals surface area contributed by atoms with Gasteiger partial charge in [0.1, 0.15) is 11.4 Å². The summed E-state index contributed by atoms with van der Waals surface area (Å²) in [6, 6.07) is 17.8. The third-order valence-corrected chi connectivity index (χ3v) is 4.03. The average Bonchev–Trinajstić information content (AvgIpc) is 2.69. The molecule has 0 aliphatic rings. The van der Waals surface area contributed by atoms with Gasteiger partial charge in [0.2, 0.25) is 0 Å². The summed E-state index contributed by atoms with van der Waals surface area (Å²) < 4.78 is 5.60. The van der Waals surface area contributed by atoms with E-state index >= 15 is 0 Å². The largest absolute Gasteiger partial charge is 0.491 e. The first-order valence-electron chi connectivity index (χ1n) is 9.33. The minimum Gasteiger partial charge on any atom is -0.491 e. The highest BCUT2D eigenvalue weighted by molar-refractivity contribution is 6.03. The van der Waals surface area contributed by atoms with E-state index in [4.69, 9.17) is 4.74 Å². The van der Waals surface area contributed by atoms with Crippen LogP contribution in [0.15, 0.2) is 66.9 Å². The number of anilines is 3. The van der Waals surface area contributed by atoms with Crippen LogP contribution in [0.2, 0.25) is 0 Å². The summed E-state index contributed by atoms with van der Waals surface area (Å²) in [6.45, 7) is 5.44. The van der Waals surface area contributed by atoms with Crippen LogP contribution in [0.25, 0.3) is 0 Å². The van der Waals surface area contributed by atoms with Crippen LogP contribution in [-0.2, 0) is 0 Å². The highest BCUT2D eigenvalue weighted by Crippen LogP contribution is 2.20. The molecule has 1 aromatic heterocycles. The van der Waals surface area contributed by atoms with Crippen molar-refractivity contribution in [2.75, 3.05) is 10.6 Å². The maximum atomic E-state index is 12.5. The van der Waals surface area contributed by atoms with Crippen molar-refractivity contribution in [1.29, 1.82) is 0 Å². The molecular weight excluding hydrogens is 366 g/mol. The van der Waals surface area contributed by atoms with E-state index in [0.717, 1.165) is 11.4 Å². The van der Waals surface area contributed by atoms with Crippen LogP contribution in [0.1, 0.15) is 41.6 Å². The van der Waals surface area contributed by atoms with Crippen molar-refractivity contribution in [3.8, 4) is 5.75 Å². The standard InChI is InChI=1S/C23H23N3O3/c1-15(2)29-21-9-7-18(8-10-21)26-23(28)22-14-20(11-12-24-22)25-19-6-4-5-17(13-19)16(3)27/h4-15H,1-3H3,(H,24,25)(H,26,28). The first kappa shape index (κ1) is 20.1. The van der Waals surface area contributed by atoms with E-state index in [1.807, 2.05) is 32.0 Å². The molecule has 0 bridgehead atoms. The van der Waals surface area contributed by atoms with Crippen LogP contribution in [0.4, 0.5) is 17.1 Å². The third-order valence-electron chi connectivity index (χ3n) is 4.03. The van der Waals surface area contributed by atoms with E-state index in [9.17, 15) is 9.59 Å². The normalized spacial score (nSPS) is 10.5. The Labute approximate surface area is 169 Å². The second-order valence-corrected chi connectivity index (χ2v) is 6.84. The third kappa shape index (κ3) is 5.65. The number of hydrogen-bond acceptors (Lipinski definition) is 5. The first-order valence-corrected chi connectivity index (χ1v) is 9.33. The van der Waals surface area contributed by atoms with Crippen LogP contribution < -0.4 is 15.4 Å². The monoisotopic (exact) mass is 389 g/mol. The molecule has 2 N–H and O–H groups in total. The molecule has 3 rings (SSSR count). The smallest absolute Gasteiger partial charge is 0.274 e. The fourth-order valence-electron chi connectivity index (χ4n) is 2.70. The molecule has 0 saturated heterocycles. The minimum atomic E-state index is -0.316. The molecule has 0 atom stereocenters. The van der Waals surface area contributed by atoms with Crippen molar-refractivity contribution in [2.24, 2.45) is 0 Å². The second-order valence-electron chi connectivity index (χ2n) is 6.84. The topological polar surface area (TPSA) is 80.3 Å². The Balaban J connectivity index is 1.69. The number of benzene rings is 2. The SMILES string of the molecule is CC(=O)c1cccc(Nc2ccnc(C(=O)Nc3ccc(OC(C)C)cc3)c2)c1. The molecule has 0 aliphatic carbocycles. The number of carbonyl (C=O) groups excluding carboxylic acids is 2. The summed E-state index contributed by atoms with van der Waals surface area (Å²) in [5.74, 6) is 0.423. The lowest BCUT2D eigenvalue weighted by Gasteiger charge is -2.11. The lowest BCUT2D eigenvalue weighted by atomic mass is 10.1. The van der Waals surface area contributed by atoms with Gasteiger partial charge in [-0.05, 0) is 69.3 Å². The number of amides is 1. The Hall–Kier alpha value is -3.67. The summed E-state index contributed by atoms with van der Waals surface area (Å²) in [5, 5.41) is 6.02. The van der Waals surface area contributed by atoms with E-state index < -0.39 is 0 Å². The highest BCUT2D eigenvalue weighted by Gasteiger charge is 2.10. The number of hydrogen-bond donors (Lipinski definition) is 2. The van der Waals surface area contributed by atoms with Crippen molar-refractivity contribution in [1.82, 2.24) is 4.98 Å². The van der Waals surface area contributed by atoms with E-state index in [0.29, 0.717) is 16.9 Å². The summed E-state index contributed by atoms with van der Waals surface area (Å²) in [5.41, 5.74) is 3.01. The number of aromatic nitrogens is 1. The zero-order valence-corrected chi connectivity index (χ0v) is 16.6. The predicted octanol–water partition coefficient (Wildman–Crippen LogP) is 5.07. The number of nitrogens with zero attached hydrogens (tertiary/aromatic N) is 1. The number of rotatable bonds is 7. The van der Waals surface area contributed by atoms with Crippen LogP contribution >= 0.6 is 0 Å². The lowest BCUT2D eigenvalue weighted by Crippen LogP contribution is -2.14. The summed E-state index contributed by atoms with van der Waals surface area (Å²) in [4.78, 5) is 28.2. The maximum Gasteiger partial charge on any atom is 0.274 e. The van der Waals surface area contributed by atoms with E-state index in [1.165, 1.54) is 6.92 Å². The van der Waals surface area contributed by atoms with Gasteiger partial charge in [-0.1, -0.05) is 12.1 Å². The Morgan fingerprint density at radius 2 is 1.66 bits per heavy atom. The van der Waals surface area contributed by atoms with Gasteiger partial charge in [0.15, 0.2) is 5.78 Å². The van der Waals surface area contributed by atoms with Crippen molar-refractivity contribution < 1.29 is 14.3 Å². The second kappa shape index (κ2) is 9.01. The molecule has 148 valence electrons. The molecule has 0 radical (unpaired) electrons. The molecule has 0 spiro atoms. The van der Waals surface area contributed by atoms with Gasteiger partial charge in [0.25, 0.3) is 5.91 Å². The fraction of sp³-hybridized carbons (Fsp3) is 0.174. The maximum absolute atomic E-state index is 12.5.